The van der Waals surface area contributed by atoms with Crippen molar-refractivity contribution in [2.75, 3.05) is 0 Å². The fourth-order valence-corrected chi connectivity index (χ4v) is 2.67. The molecule has 90 valence electrons. The van der Waals surface area contributed by atoms with Crippen LogP contribution in [-0.2, 0) is 9.05 Å². The lowest BCUT2D eigenvalue weighted by Gasteiger charge is -2.12. The first kappa shape index (κ1) is 13.8. The second kappa shape index (κ2) is 4.57. The molecular weight excluding hydrogens is 383 g/mol. The summed E-state index contributed by atoms with van der Waals surface area (Å²) >= 11 is 1.52. The van der Waals surface area contributed by atoms with Crippen molar-refractivity contribution in [3.05, 3.63) is 21.8 Å². The standard InChI is InChI=1S/C7H3ClF3IO3S/c8-16(13,14)5-3-1-2-4(12)6(5)15-7(9,10)11/h1-3H. The van der Waals surface area contributed by atoms with Crippen molar-refractivity contribution in [3.8, 4) is 5.75 Å². The van der Waals surface area contributed by atoms with E-state index in [9.17, 15) is 21.6 Å². The molecule has 0 radical (unpaired) electrons. The van der Waals surface area contributed by atoms with Crippen molar-refractivity contribution in [3.63, 3.8) is 0 Å². The molecule has 16 heavy (non-hydrogen) atoms. The largest absolute Gasteiger partial charge is 0.573 e. The zero-order chi connectivity index (χ0) is 12.6. The summed E-state index contributed by atoms with van der Waals surface area (Å²) < 4.78 is 61.7. The summed E-state index contributed by atoms with van der Waals surface area (Å²) in [6.45, 7) is 0. The zero-order valence-corrected chi connectivity index (χ0v) is 11.0. The van der Waals surface area contributed by atoms with E-state index in [0.29, 0.717) is 0 Å². The number of para-hydroxylation sites is 1. The Morgan fingerprint density at radius 1 is 1.31 bits per heavy atom. The quantitative estimate of drug-likeness (QED) is 0.579. The molecule has 0 N–H and O–H groups in total. The molecule has 0 heterocycles. The van der Waals surface area contributed by atoms with Gasteiger partial charge in [-0.25, -0.2) is 8.42 Å². The van der Waals surface area contributed by atoms with Gasteiger partial charge in [0.25, 0.3) is 9.05 Å². The van der Waals surface area contributed by atoms with Gasteiger partial charge in [0.05, 0.1) is 3.57 Å². The maximum atomic E-state index is 12.0. The van der Waals surface area contributed by atoms with Crippen LogP contribution in [-0.4, -0.2) is 14.8 Å². The van der Waals surface area contributed by atoms with Crippen LogP contribution in [0.4, 0.5) is 13.2 Å². The number of rotatable bonds is 2. The van der Waals surface area contributed by atoms with Gasteiger partial charge in [0, 0.05) is 10.7 Å². The van der Waals surface area contributed by atoms with Gasteiger partial charge in [-0.05, 0) is 34.7 Å². The van der Waals surface area contributed by atoms with E-state index >= 15 is 0 Å². The fraction of sp³-hybridized carbons (Fsp3) is 0.143. The van der Waals surface area contributed by atoms with Crippen molar-refractivity contribution in [1.82, 2.24) is 0 Å². The number of benzene rings is 1. The number of halogens is 5. The summed E-state index contributed by atoms with van der Waals surface area (Å²) in [4.78, 5) is -0.710. The first-order valence-corrected chi connectivity index (χ1v) is 6.99. The Morgan fingerprint density at radius 3 is 2.31 bits per heavy atom. The molecule has 0 atom stereocenters. The van der Waals surface area contributed by atoms with Crippen molar-refractivity contribution in [2.24, 2.45) is 0 Å². The van der Waals surface area contributed by atoms with Crippen LogP contribution in [0.2, 0.25) is 0 Å². The number of alkyl halides is 3. The highest BCUT2D eigenvalue weighted by atomic mass is 127. The summed E-state index contributed by atoms with van der Waals surface area (Å²) in [7, 11) is 0.700. The molecule has 0 unspecified atom stereocenters. The third-order valence-electron chi connectivity index (χ3n) is 1.41. The van der Waals surface area contributed by atoms with Crippen molar-refractivity contribution >= 4 is 42.3 Å². The molecule has 0 aliphatic carbocycles. The van der Waals surface area contributed by atoms with Crippen LogP contribution in [0.1, 0.15) is 0 Å². The molecule has 0 aliphatic rings. The van der Waals surface area contributed by atoms with Gasteiger partial charge in [0.2, 0.25) is 0 Å². The Kier molecular flexibility index (Phi) is 3.95. The minimum Gasteiger partial charge on any atom is -0.403 e. The third kappa shape index (κ3) is 3.67. The summed E-state index contributed by atoms with van der Waals surface area (Å²) in [5, 5.41) is 0. The topological polar surface area (TPSA) is 43.4 Å². The predicted molar refractivity (Wildman–Crippen MR) is 58.9 cm³/mol. The monoisotopic (exact) mass is 386 g/mol. The number of hydrogen-bond donors (Lipinski definition) is 0. The van der Waals surface area contributed by atoms with Crippen molar-refractivity contribution < 1.29 is 26.3 Å². The number of ether oxygens (including phenoxy) is 1. The van der Waals surface area contributed by atoms with Crippen LogP contribution in [0.15, 0.2) is 23.1 Å². The van der Waals surface area contributed by atoms with Crippen LogP contribution in [0, 0.1) is 3.57 Å². The van der Waals surface area contributed by atoms with Crippen molar-refractivity contribution in [1.29, 1.82) is 0 Å². The first-order chi connectivity index (χ1) is 7.11. The second-order valence-corrected chi connectivity index (χ2v) is 6.25. The highest BCUT2D eigenvalue weighted by Crippen LogP contribution is 2.35. The molecule has 0 saturated carbocycles. The highest BCUT2D eigenvalue weighted by Gasteiger charge is 2.34. The molecule has 0 amide bonds. The SMILES string of the molecule is O=S(=O)(Cl)c1cccc(I)c1OC(F)(F)F. The maximum absolute atomic E-state index is 12.0. The lowest BCUT2D eigenvalue weighted by Crippen LogP contribution is -2.19. The van der Waals surface area contributed by atoms with E-state index in [1.807, 2.05) is 0 Å². The maximum Gasteiger partial charge on any atom is 0.573 e. The van der Waals surface area contributed by atoms with Gasteiger partial charge in [0.15, 0.2) is 5.75 Å². The highest BCUT2D eigenvalue weighted by molar-refractivity contribution is 14.1. The molecule has 1 aromatic carbocycles. The smallest absolute Gasteiger partial charge is 0.403 e. The summed E-state index contributed by atoms with van der Waals surface area (Å²) in [6.07, 6.45) is -4.97. The molecule has 0 bridgehead atoms. The normalized spacial score (nSPS) is 12.6. The molecule has 1 aromatic rings. The minimum absolute atomic E-state index is 0.00310. The fourth-order valence-electron chi connectivity index (χ4n) is 0.896. The summed E-state index contributed by atoms with van der Waals surface area (Å²) in [5.41, 5.74) is 0. The lowest BCUT2D eigenvalue weighted by atomic mass is 10.3. The molecule has 0 aliphatic heterocycles. The summed E-state index contributed by atoms with van der Waals surface area (Å²) in [6, 6.07) is 3.47. The van der Waals surface area contributed by atoms with Crippen LogP contribution in [0.25, 0.3) is 0 Å². The minimum atomic E-state index is -4.97. The molecular formula is C7H3ClF3IO3S. The number of hydrogen-bond acceptors (Lipinski definition) is 3. The molecule has 3 nitrogen and oxygen atoms in total. The zero-order valence-electron chi connectivity index (χ0n) is 7.25. The predicted octanol–water partition coefficient (Wildman–Crippen LogP) is 3.12. The van der Waals surface area contributed by atoms with E-state index in [1.54, 1.807) is 0 Å². The Morgan fingerprint density at radius 2 is 1.88 bits per heavy atom. The molecule has 1 rings (SSSR count). The van der Waals surface area contributed by atoms with Crippen LogP contribution in [0.3, 0.4) is 0 Å². The Labute approximate surface area is 107 Å². The van der Waals surface area contributed by atoms with Gasteiger partial charge in [-0.2, -0.15) is 0 Å². The first-order valence-electron chi connectivity index (χ1n) is 3.60. The van der Waals surface area contributed by atoms with E-state index in [2.05, 4.69) is 4.74 Å². The Bertz CT molecular complexity index is 500. The van der Waals surface area contributed by atoms with Gasteiger partial charge < -0.3 is 4.74 Å². The van der Waals surface area contributed by atoms with Gasteiger partial charge in [-0.3, -0.25) is 0 Å². The lowest BCUT2D eigenvalue weighted by molar-refractivity contribution is -0.275. The molecule has 0 saturated heterocycles. The van der Waals surface area contributed by atoms with Gasteiger partial charge in [-0.1, -0.05) is 6.07 Å². The van der Waals surface area contributed by atoms with Gasteiger partial charge >= 0.3 is 6.36 Å². The van der Waals surface area contributed by atoms with Crippen LogP contribution in [0.5, 0.6) is 5.75 Å². The van der Waals surface area contributed by atoms with Crippen molar-refractivity contribution in [2.45, 2.75) is 11.3 Å². The third-order valence-corrected chi connectivity index (χ3v) is 3.61. The van der Waals surface area contributed by atoms with E-state index < -0.39 is 26.1 Å². The molecule has 0 fully saturated rings. The molecule has 9 heteroatoms. The Balaban J connectivity index is 3.36. The van der Waals surface area contributed by atoms with Crippen LogP contribution >= 0.6 is 33.3 Å². The van der Waals surface area contributed by atoms with E-state index in [-0.39, 0.29) is 3.57 Å². The van der Waals surface area contributed by atoms with Crippen LogP contribution < -0.4 is 4.74 Å². The van der Waals surface area contributed by atoms with E-state index in [1.165, 1.54) is 34.7 Å². The average Bonchev–Trinajstić information content (AvgIpc) is 2.04. The molecule has 0 spiro atoms. The van der Waals surface area contributed by atoms with Gasteiger partial charge in [-0.15, -0.1) is 13.2 Å². The average molecular weight is 387 g/mol. The van der Waals surface area contributed by atoms with Gasteiger partial charge in [0.1, 0.15) is 4.90 Å². The second-order valence-electron chi connectivity index (χ2n) is 2.55. The Hall–Kier alpha value is -0.220. The van der Waals surface area contributed by atoms with E-state index in [4.69, 9.17) is 10.7 Å². The molecule has 0 aromatic heterocycles. The summed E-state index contributed by atoms with van der Waals surface area (Å²) in [5.74, 6) is -0.814. The van der Waals surface area contributed by atoms with E-state index in [0.717, 1.165) is 6.07 Å².